The molecule has 17 heavy (non-hydrogen) atoms. The average molecular weight is 245 g/mol. The summed E-state index contributed by atoms with van der Waals surface area (Å²) >= 11 is 0. The number of hydrogen-bond donors (Lipinski definition) is 0. The van der Waals surface area contributed by atoms with Crippen LogP contribution in [0.2, 0.25) is 0 Å². The largest absolute Gasteiger partial charge is 0.469 e. The molecule has 0 aromatic heterocycles. The van der Waals surface area contributed by atoms with Gasteiger partial charge in [0.1, 0.15) is 12.2 Å². The molecule has 6 nitrogen and oxygen atoms in total. The Balaban J connectivity index is 3.61. The van der Waals surface area contributed by atoms with Gasteiger partial charge in [-0.2, -0.15) is 0 Å². The van der Waals surface area contributed by atoms with Crippen molar-refractivity contribution >= 4 is 17.8 Å². The van der Waals surface area contributed by atoms with Crippen LogP contribution in [0.1, 0.15) is 26.2 Å². The van der Waals surface area contributed by atoms with Crippen molar-refractivity contribution in [1.82, 2.24) is 4.90 Å². The van der Waals surface area contributed by atoms with Crippen molar-refractivity contribution in [3.05, 3.63) is 0 Å². The Morgan fingerprint density at radius 2 is 1.88 bits per heavy atom. The lowest BCUT2D eigenvalue weighted by atomic mass is 10.2. The summed E-state index contributed by atoms with van der Waals surface area (Å²) in [6, 6.07) is 0. The van der Waals surface area contributed by atoms with Gasteiger partial charge in [-0.1, -0.05) is 0 Å². The second-order valence-electron chi connectivity index (χ2n) is 3.52. The van der Waals surface area contributed by atoms with Gasteiger partial charge < -0.3 is 14.4 Å². The van der Waals surface area contributed by atoms with Crippen LogP contribution in [0.3, 0.4) is 0 Å². The van der Waals surface area contributed by atoms with E-state index in [1.54, 1.807) is 7.05 Å². The summed E-state index contributed by atoms with van der Waals surface area (Å²) in [6.45, 7) is 2.58. The van der Waals surface area contributed by atoms with Gasteiger partial charge in [0.2, 0.25) is 0 Å². The number of carbonyl (C=O) groups excluding carboxylic acids is 3. The van der Waals surface area contributed by atoms with Crippen LogP contribution in [0.4, 0.5) is 4.79 Å². The van der Waals surface area contributed by atoms with Gasteiger partial charge in [-0.05, 0) is 13.3 Å². The van der Waals surface area contributed by atoms with E-state index in [4.69, 9.17) is 4.74 Å². The van der Waals surface area contributed by atoms with Crippen LogP contribution in [0.25, 0.3) is 0 Å². The molecule has 98 valence electrons. The lowest BCUT2D eigenvalue weighted by Crippen LogP contribution is -2.27. The number of amides is 1. The van der Waals surface area contributed by atoms with Crippen molar-refractivity contribution < 1.29 is 23.9 Å². The molecule has 1 amide bonds. The highest BCUT2D eigenvalue weighted by Gasteiger charge is 2.10. The molecule has 0 rings (SSSR count). The van der Waals surface area contributed by atoms with Crippen LogP contribution in [0.5, 0.6) is 0 Å². The van der Waals surface area contributed by atoms with E-state index < -0.39 is 12.1 Å². The number of carbonyl (C=O) groups is 3. The van der Waals surface area contributed by atoms with Gasteiger partial charge in [0.15, 0.2) is 0 Å². The van der Waals surface area contributed by atoms with E-state index in [0.29, 0.717) is 13.0 Å². The van der Waals surface area contributed by atoms with Crippen molar-refractivity contribution in [2.75, 3.05) is 27.3 Å². The van der Waals surface area contributed by atoms with Crippen LogP contribution in [0.15, 0.2) is 0 Å². The number of hydrogen-bond acceptors (Lipinski definition) is 5. The molecule has 0 unspecified atom stereocenters. The molecule has 0 aliphatic heterocycles. The third-order valence-electron chi connectivity index (χ3n) is 2.18. The molecule has 0 spiro atoms. The molecule has 0 N–H and O–H groups in total. The predicted molar refractivity (Wildman–Crippen MR) is 60.5 cm³/mol. The first kappa shape index (κ1) is 15.4. The molecule has 0 atom stereocenters. The Kier molecular flexibility index (Phi) is 7.75. The fourth-order valence-electron chi connectivity index (χ4n) is 0.990. The number of Topliss-reactive ketones (excluding diaryl/α,β-unsaturated/α-hetero) is 1. The Morgan fingerprint density at radius 3 is 2.41 bits per heavy atom. The molecular weight excluding hydrogens is 226 g/mol. The van der Waals surface area contributed by atoms with Crippen LogP contribution in [0, 0.1) is 0 Å². The van der Waals surface area contributed by atoms with Crippen molar-refractivity contribution in [3.8, 4) is 0 Å². The summed E-state index contributed by atoms with van der Waals surface area (Å²) < 4.78 is 9.25. The summed E-state index contributed by atoms with van der Waals surface area (Å²) in [7, 11) is 2.86. The summed E-state index contributed by atoms with van der Waals surface area (Å²) in [6.07, 6.45) is -0.00988. The molecule has 0 aromatic carbocycles. The Labute approximate surface area is 101 Å². The first-order valence-corrected chi connectivity index (χ1v) is 5.47. The van der Waals surface area contributed by atoms with E-state index in [1.165, 1.54) is 12.0 Å². The van der Waals surface area contributed by atoms with Crippen LogP contribution in [-0.2, 0) is 19.1 Å². The quantitative estimate of drug-likeness (QED) is 0.380. The minimum absolute atomic E-state index is 0.177. The lowest BCUT2D eigenvalue weighted by molar-refractivity contribution is -0.143. The van der Waals surface area contributed by atoms with Gasteiger partial charge >= 0.3 is 12.1 Å². The smallest absolute Gasteiger partial charge is 0.409 e. The Bertz CT molecular complexity index is 277. The molecule has 0 aliphatic carbocycles. The standard InChI is InChI=1S/C11H19NO5/c1-4-12(2)11(15)17-7-5-6-9(13)8-10(14)16-3/h4-8H2,1-3H3. The molecule has 0 fully saturated rings. The summed E-state index contributed by atoms with van der Waals surface area (Å²) in [4.78, 5) is 34.6. The molecule has 0 bridgehead atoms. The molecule has 0 saturated heterocycles. The zero-order chi connectivity index (χ0) is 13.3. The summed E-state index contributed by atoms with van der Waals surface area (Å²) in [5.41, 5.74) is 0. The summed E-state index contributed by atoms with van der Waals surface area (Å²) in [5.74, 6) is -0.755. The van der Waals surface area contributed by atoms with Gasteiger partial charge in [0, 0.05) is 20.0 Å². The lowest BCUT2D eigenvalue weighted by Gasteiger charge is -2.13. The topological polar surface area (TPSA) is 72.9 Å². The maximum atomic E-state index is 11.2. The van der Waals surface area contributed by atoms with Crippen molar-refractivity contribution in [1.29, 1.82) is 0 Å². The second-order valence-corrected chi connectivity index (χ2v) is 3.52. The fourth-order valence-corrected chi connectivity index (χ4v) is 0.990. The maximum absolute atomic E-state index is 11.2. The predicted octanol–water partition coefficient (Wildman–Crippen LogP) is 0.987. The van der Waals surface area contributed by atoms with Crippen LogP contribution < -0.4 is 0 Å². The minimum Gasteiger partial charge on any atom is -0.469 e. The molecule has 0 aromatic rings. The monoisotopic (exact) mass is 245 g/mol. The Hall–Kier alpha value is -1.59. The van der Waals surface area contributed by atoms with Crippen molar-refractivity contribution in [2.24, 2.45) is 0 Å². The van der Waals surface area contributed by atoms with Crippen LogP contribution in [-0.4, -0.2) is 50.1 Å². The first-order valence-electron chi connectivity index (χ1n) is 5.47. The van der Waals surface area contributed by atoms with Gasteiger partial charge in [0.25, 0.3) is 0 Å². The highest BCUT2D eigenvalue weighted by molar-refractivity contribution is 5.95. The van der Waals surface area contributed by atoms with Gasteiger partial charge in [0.05, 0.1) is 13.7 Å². The molecule has 6 heteroatoms. The van der Waals surface area contributed by atoms with E-state index in [-0.39, 0.29) is 25.2 Å². The van der Waals surface area contributed by atoms with Crippen molar-refractivity contribution in [2.45, 2.75) is 26.2 Å². The zero-order valence-electron chi connectivity index (χ0n) is 10.5. The van der Waals surface area contributed by atoms with Gasteiger partial charge in [-0.25, -0.2) is 4.79 Å². The minimum atomic E-state index is -0.544. The van der Waals surface area contributed by atoms with Gasteiger partial charge in [-0.3, -0.25) is 9.59 Å². The maximum Gasteiger partial charge on any atom is 0.409 e. The molecule has 0 aliphatic rings. The normalized spacial score (nSPS) is 9.59. The average Bonchev–Trinajstić information content (AvgIpc) is 2.32. The zero-order valence-corrected chi connectivity index (χ0v) is 10.5. The number of rotatable bonds is 7. The highest BCUT2D eigenvalue weighted by atomic mass is 16.6. The summed E-state index contributed by atoms with van der Waals surface area (Å²) in [5, 5.41) is 0. The Morgan fingerprint density at radius 1 is 1.24 bits per heavy atom. The van der Waals surface area contributed by atoms with E-state index in [2.05, 4.69) is 4.74 Å². The number of methoxy groups -OCH3 is 1. The molecule has 0 saturated carbocycles. The molecule has 0 heterocycles. The second kappa shape index (κ2) is 8.55. The SMILES string of the molecule is CCN(C)C(=O)OCCCC(=O)CC(=O)OC. The van der Waals surface area contributed by atoms with Gasteiger partial charge in [-0.15, -0.1) is 0 Å². The van der Waals surface area contributed by atoms with Crippen molar-refractivity contribution in [3.63, 3.8) is 0 Å². The molecular formula is C11H19NO5. The number of ether oxygens (including phenoxy) is 2. The van der Waals surface area contributed by atoms with E-state index >= 15 is 0 Å². The van der Waals surface area contributed by atoms with E-state index in [0.717, 1.165) is 0 Å². The highest BCUT2D eigenvalue weighted by Crippen LogP contribution is 1.99. The van der Waals surface area contributed by atoms with E-state index in [9.17, 15) is 14.4 Å². The number of nitrogens with zero attached hydrogens (tertiary/aromatic N) is 1. The van der Waals surface area contributed by atoms with Crippen LogP contribution >= 0.6 is 0 Å². The molecule has 0 radical (unpaired) electrons. The third-order valence-corrected chi connectivity index (χ3v) is 2.18. The first-order chi connectivity index (χ1) is 8.01. The number of ketones is 1. The van der Waals surface area contributed by atoms with E-state index in [1.807, 2.05) is 6.92 Å². The third kappa shape index (κ3) is 7.32. The fraction of sp³-hybridized carbons (Fsp3) is 0.727. The number of esters is 1.